The molecule has 2 aromatic carbocycles. The summed E-state index contributed by atoms with van der Waals surface area (Å²) in [6.45, 7) is 2.43. The molecule has 1 aromatic heterocycles. The van der Waals surface area contributed by atoms with Crippen molar-refractivity contribution in [2.45, 2.75) is 6.92 Å². The Balaban J connectivity index is 1.96. The minimum atomic E-state index is -0.506. The Labute approximate surface area is 144 Å². The predicted octanol–water partition coefficient (Wildman–Crippen LogP) is 3.99. The molecule has 1 N–H and O–H groups in total. The Morgan fingerprint density at radius 3 is 2.88 bits per heavy atom. The number of rotatable bonds is 6. The van der Waals surface area contributed by atoms with Gasteiger partial charge in [0.15, 0.2) is 0 Å². The molecule has 7 heteroatoms. The largest absolute Gasteiger partial charge is 0.493 e. The summed E-state index contributed by atoms with van der Waals surface area (Å²) in [5.74, 6) is 0.782. The van der Waals surface area contributed by atoms with Crippen LogP contribution in [0.2, 0.25) is 0 Å². The molecule has 7 nitrogen and oxygen atoms in total. The van der Waals surface area contributed by atoms with Gasteiger partial charge in [-0.2, -0.15) is 5.10 Å². The highest BCUT2D eigenvalue weighted by molar-refractivity contribution is 6.02. The first-order valence-corrected chi connectivity index (χ1v) is 7.73. The Kier molecular flexibility index (Phi) is 4.84. The van der Waals surface area contributed by atoms with E-state index in [1.807, 2.05) is 43.3 Å². The van der Waals surface area contributed by atoms with Gasteiger partial charge < -0.3 is 4.74 Å². The molecule has 3 rings (SSSR count). The lowest BCUT2D eigenvalue weighted by Gasteiger charge is -2.10. The van der Waals surface area contributed by atoms with E-state index in [9.17, 15) is 10.1 Å². The lowest BCUT2D eigenvalue weighted by atomic mass is 10.0. The number of fused-ring (bicyclic) bond motifs is 1. The molecule has 0 saturated heterocycles. The maximum absolute atomic E-state index is 11.0. The molecule has 0 amide bonds. The van der Waals surface area contributed by atoms with Crippen molar-refractivity contribution in [3.63, 3.8) is 0 Å². The van der Waals surface area contributed by atoms with Gasteiger partial charge in [-0.1, -0.05) is 30.3 Å². The summed E-state index contributed by atoms with van der Waals surface area (Å²) in [5, 5.41) is 17.2. The molecule has 1 heterocycles. The molecule has 0 saturated carbocycles. The molecule has 0 radical (unpaired) electrons. The van der Waals surface area contributed by atoms with Crippen molar-refractivity contribution in [3.8, 4) is 5.75 Å². The molecule has 0 fully saturated rings. The molecule has 25 heavy (non-hydrogen) atoms. The van der Waals surface area contributed by atoms with E-state index < -0.39 is 4.92 Å². The molecule has 0 unspecified atom stereocenters. The summed E-state index contributed by atoms with van der Waals surface area (Å²) < 4.78 is 5.67. The van der Waals surface area contributed by atoms with Gasteiger partial charge in [0.05, 0.1) is 17.7 Å². The van der Waals surface area contributed by atoms with E-state index in [4.69, 9.17) is 4.74 Å². The number of nitro groups is 1. The van der Waals surface area contributed by atoms with E-state index in [0.717, 1.165) is 16.3 Å². The number of hydrogen-bond acceptors (Lipinski definition) is 6. The second kappa shape index (κ2) is 7.39. The standard InChI is InChI=1S/C18H16N4O3/c1-2-25-17-10-9-13-6-3-4-7-14(13)15(17)12-20-21-18-16(22(23)24)8-5-11-19-18/h3-12H,2H2,1H3,(H,19,21)/b20-12-. The zero-order valence-electron chi connectivity index (χ0n) is 13.5. The summed E-state index contributed by atoms with van der Waals surface area (Å²) in [7, 11) is 0. The maximum Gasteiger partial charge on any atom is 0.313 e. The van der Waals surface area contributed by atoms with Crippen LogP contribution in [0.5, 0.6) is 5.75 Å². The van der Waals surface area contributed by atoms with Crippen LogP contribution in [0.15, 0.2) is 59.8 Å². The number of hydrogen-bond donors (Lipinski definition) is 1. The summed E-state index contributed by atoms with van der Waals surface area (Å²) in [6, 6.07) is 14.6. The van der Waals surface area contributed by atoms with Crippen LogP contribution in [-0.4, -0.2) is 22.7 Å². The zero-order valence-corrected chi connectivity index (χ0v) is 13.5. The van der Waals surface area contributed by atoms with Crippen molar-refractivity contribution < 1.29 is 9.66 Å². The van der Waals surface area contributed by atoms with Gasteiger partial charge in [0, 0.05) is 17.8 Å². The Morgan fingerprint density at radius 2 is 2.08 bits per heavy atom. The van der Waals surface area contributed by atoms with E-state index in [2.05, 4.69) is 15.5 Å². The number of aromatic nitrogens is 1. The van der Waals surface area contributed by atoms with Gasteiger partial charge in [-0.15, -0.1) is 0 Å². The van der Waals surface area contributed by atoms with Crippen molar-refractivity contribution in [2.24, 2.45) is 5.10 Å². The Bertz CT molecular complexity index is 941. The third-order valence-electron chi connectivity index (χ3n) is 3.58. The fourth-order valence-corrected chi connectivity index (χ4v) is 2.48. The zero-order chi connectivity index (χ0) is 17.6. The van der Waals surface area contributed by atoms with E-state index in [1.54, 1.807) is 6.21 Å². The smallest absolute Gasteiger partial charge is 0.313 e. The van der Waals surface area contributed by atoms with Gasteiger partial charge in [-0.3, -0.25) is 15.5 Å². The van der Waals surface area contributed by atoms with Crippen molar-refractivity contribution >= 4 is 28.5 Å². The molecule has 0 aliphatic carbocycles. The lowest BCUT2D eigenvalue weighted by molar-refractivity contribution is -0.384. The molecule has 0 spiro atoms. The van der Waals surface area contributed by atoms with Crippen LogP contribution in [-0.2, 0) is 0 Å². The number of nitrogens with one attached hydrogen (secondary N) is 1. The molecule has 3 aromatic rings. The third-order valence-corrected chi connectivity index (χ3v) is 3.58. The van der Waals surface area contributed by atoms with Crippen molar-refractivity contribution in [3.05, 3.63) is 70.4 Å². The van der Waals surface area contributed by atoms with Gasteiger partial charge in [0.25, 0.3) is 0 Å². The molecule has 0 bridgehead atoms. The van der Waals surface area contributed by atoms with Crippen LogP contribution < -0.4 is 10.2 Å². The lowest BCUT2D eigenvalue weighted by Crippen LogP contribution is -2.01. The second-order valence-electron chi connectivity index (χ2n) is 5.13. The topological polar surface area (TPSA) is 89.7 Å². The Hall–Kier alpha value is -3.48. The van der Waals surface area contributed by atoms with Crippen LogP contribution in [0.25, 0.3) is 10.8 Å². The van der Waals surface area contributed by atoms with Gasteiger partial charge in [0.1, 0.15) is 5.75 Å². The highest BCUT2D eigenvalue weighted by Crippen LogP contribution is 2.27. The highest BCUT2D eigenvalue weighted by atomic mass is 16.6. The van der Waals surface area contributed by atoms with Crippen molar-refractivity contribution in [1.29, 1.82) is 0 Å². The predicted molar refractivity (Wildman–Crippen MR) is 97.2 cm³/mol. The number of benzene rings is 2. The normalized spacial score (nSPS) is 10.9. The van der Waals surface area contributed by atoms with Crippen LogP contribution in [0.3, 0.4) is 0 Å². The summed E-state index contributed by atoms with van der Waals surface area (Å²) in [4.78, 5) is 14.5. The molecular weight excluding hydrogens is 320 g/mol. The van der Waals surface area contributed by atoms with E-state index >= 15 is 0 Å². The first-order valence-electron chi connectivity index (χ1n) is 7.73. The van der Waals surface area contributed by atoms with E-state index in [-0.39, 0.29) is 11.5 Å². The first kappa shape index (κ1) is 16.4. The average molecular weight is 336 g/mol. The van der Waals surface area contributed by atoms with Crippen molar-refractivity contribution in [2.75, 3.05) is 12.0 Å². The van der Waals surface area contributed by atoms with Gasteiger partial charge in [0.2, 0.25) is 5.82 Å². The SMILES string of the molecule is CCOc1ccc2ccccc2c1/C=N\Nc1ncccc1[N+](=O)[O-]. The Morgan fingerprint density at radius 1 is 1.24 bits per heavy atom. The van der Waals surface area contributed by atoms with Gasteiger partial charge >= 0.3 is 5.69 Å². The van der Waals surface area contributed by atoms with E-state index in [0.29, 0.717) is 12.4 Å². The third kappa shape index (κ3) is 3.55. The summed E-state index contributed by atoms with van der Waals surface area (Å²) >= 11 is 0. The van der Waals surface area contributed by atoms with E-state index in [1.165, 1.54) is 18.3 Å². The molecule has 0 atom stereocenters. The van der Waals surface area contributed by atoms with Crippen LogP contribution in [0, 0.1) is 10.1 Å². The quantitative estimate of drug-likeness (QED) is 0.417. The minimum absolute atomic E-state index is 0.0851. The fraction of sp³-hybridized carbons (Fsp3) is 0.111. The maximum atomic E-state index is 11.0. The number of ether oxygens (including phenoxy) is 1. The highest BCUT2D eigenvalue weighted by Gasteiger charge is 2.13. The molecule has 126 valence electrons. The van der Waals surface area contributed by atoms with Crippen LogP contribution in [0.4, 0.5) is 11.5 Å². The number of nitrogens with zero attached hydrogens (tertiary/aromatic N) is 3. The number of hydrazone groups is 1. The van der Waals surface area contributed by atoms with Crippen LogP contribution >= 0.6 is 0 Å². The van der Waals surface area contributed by atoms with Gasteiger partial charge in [-0.25, -0.2) is 4.98 Å². The van der Waals surface area contributed by atoms with Crippen LogP contribution in [0.1, 0.15) is 12.5 Å². The fourth-order valence-electron chi connectivity index (χ4n) is 2.48. The molecule has 0 aliphatic heterocycles. The molecule has 0 aliphatic rings. The van der Waals surface area contributed by atoms with Crippen molar-refractivity contribution in [1.82, 2.24) is 4.98 Å². The number of pyridine rings is 1. The summed E-state index contributed by atoms with van der Waals surface area (Å²) in [5.41, 5.74) is 3.30. The minimum Gasteiger partial charge on any atom is -0.493 e. The summed E-state index contributed by atoms with van der Waals surface area (Å²) in [6.07, 6.45) is 3.06. The monoisotopic (exact) mass is 336 g/mol. The second-order valence-corrected chi connectivity index (χ2v) is 5.13. The molecular formula is C18H16N4O3. The first-order chi connectivity index (χ1) is 12.2. The average Bonchev–Trinajstić information content (AvgIpc) is 2.63. The van der Waals surface area contributed by atoms with Gasteiger partial charge in [-0.05, 0) is 29.8 Å². The number of anilines is 1.